The number of nitrogens with two attached hydrogens (primary N) is 1. The number of nitrogens with one attached hydrogen (secondary N) is 1. The zero-order chi connectivity index (χ0) is 15.1. The van der Waals surface area contributed by atoms with Crippen LogP contribution in [0.2, 0.25) is 0 Å². The van der Waals surface area contributed by atoms with Crippen LogP contribution in [0.1, 0.15) is 20.3 Å². The third kappa shape index (κ3) is 3.21. The van der Waals surface area contributed by atoms with E-state index in [0.29, 0.717) is 17.9 Å². The van der Waals surface area contributed by atoms with Gasteiger partial charge in [-0.15, -0.1) is 0 Å². The molecule has 2 aliphatic rings. The first kappa shape index (κ1) is 15.9. The van der Waals surface area contributed by atoms with Gasteiger partial charge >= 0.3 is 0 Å². The van der Waals surface area contributed by atoms with Crippen molar-refractivity contribution in [3.63, 3.8) is 0 Å². The summed E-state index contributed by atoms with van der Waals surface area (Å²) in [5.41, 5.74) is 1.34. The zero-order valence-electron chi connectivity index (χ0n) is 11.3. The van der Waals surface area contributed by atoms with Crippen LogP contribution in [0.15, 0.2) is 21.6 Å². The van der Waals surface area contributed by atoms with Gasteiger partial charge in [0.05, 0.1) is 5.75 Å². The van der Waals surface area contributed by atoms with E-state index in [0.717, 1.165) is 24.0 Å². The Labute approximate surface area is 123 Å². The monoisotopic (exact) mass is 338 g/mol. The molecule has 1 unspecified atom stereocenters. The smallest absolute Gasteiger partial charge is 0.244 e. The molecule has 1 atom stereocenters. The van der Waals surface area contributed by atoms with Crippen LogP contribution < -0.4 is 10.5 Å². The van der Waals surface area contributed by atoms with Crippen LogP contribution in [0, 0.1) is 5.92 Å². The first-order valence-electron chi connectivity index (χ1n) is 6.21. The Kier molecular flexibility index (Phi) is 4.25. The molecule has 0 aromatic rings. The van der Waals surface area contributed by atoms with Gasteiger partial charge in [0.25, 0.3) is 0 Å². The minimum atomic E-state index is -3.87. The molecule has 0 radical (unpaired) electrons. The highest BCUT2D eigenvalue weighted by molar-refractivity contribution is 8.24. The third-order valence-corrected chi connectivity index (χ3v) is 8.40. The molecule has 0 aromatic heterocycles. The second-order valence-electron chi connectivity index (χ2n) is 5.28. The van der Waals surface area contributed by atoms with Gasteiger partial charge in [-0.1, -0.05) is 25.6 Å². The normalized spacial score (nSPS) is 25.6. The van der Waals surface area contributed by atoms with Gasteiger partial charge in [0.15, 0.2) is 9.84 Å². The molecule has 0 aliphatic carbocycles. The molecule has 0 saturated carbocycles. The maximum absolute atomic E-state index is 12.1. The maximum atomic E-state index is 12.1. The average molecular weight is 338 g/mol. The number of sulfone groups is 1. The largest absolute Gasteiger partial charge is 0.388 e. The van der Waals surface area contributed by atoms with E-state index in [1.54, 1.807) is 0 Å². The zero-order valence-corrected chi connectivity index (χ0v) is 13.7. The minimum absolute atomic E-state index is 0.0281. The fourth-order valence-corrected chi connectivity index (χ4v) is 6.59. The van der Waals surface area contributed by atoms with Gasteiger partial charge in [-0.2, -0.15) is 0 Å². The first-order chi connectivity index (χ1) is 9.11. The van der Waals surface area contributed by atoms with Gasteiger partial charge in [0, 0.05) is 24.2 Å². The summed E-state index contributed by atoms with van der Waals surface area (Å²) < 4.78 is 46.0. The molecule has 0 amide bonds. The molecule has 0 bridgehead atoms. The topological polar surface area (TPSA) is 106 Å². The van der Waals surface area contributed by atoms with Gasteiger partial charge < -0.3 is 5.32 Å². The molecule has 3 N–H and O–H groups in total. The van der Waals surface area contributed by atoms with E-state index in [-0.39, 0.29) is 9.99 Å². The Morgan fingerprint density at radius 1 is 1.50 bits per heavy atom. The molecular formula is C11H18N2O4S3. The Bertz CT molecular complexity index is 674. The molecule has 0 fully saturated rings. The molecule has 6 nitrogen and oxygen atoms in total. The van der Waals surface area contributed by atoms with E-state index in [4.69, 9.17) is 5.14 Å². The summed E-state index contributed by atoms with van der Waals surface area (Å²) in [7, 11) is -7.20. The lowest BCUT2D eigenvalue weighted by molar-refractivity contribution is 0.571. The van der Waals surface area contributed by atoms with E-state index in [2.05, 4.69) is 5.32 Å². The van der Waals surface area contributed by atoms with Crippen molar-refractivity contribution in [3.8, 4) is 0 Å². The van der Waals surface area contributed by atoms with Crippen molar-refractivity contribution in [2.24, 2.45) is 11.1 Å². The van der Waals surface area contributed by atoms with Gasteiger partial charge in [-0.3, -0.25) is 0 Å². The third-order valence-electron chi connectivity index (χ3n) is 3.07. The summed E-state index contributed by atoms with van der Waals surface area (Å²) in [6.45, 7) is 4.81. The summed E-state index contributed by atoms with van der Waals surface area (Å²) in [5, 5.41) is 8.32. The molecule has 0 saturated heterocycles. The average Bonchev–Trinajstić information content (AvgIpc) is 2.73. The number of allylic oxidation sites excluding steroid dienone is 2. The molecule has 20 heavy (non-hydrogen) atoms. The fraction of sp³-hybridized carbons (Fsp3) is 0.636. The van der Waals surface area contributed by atoms with Crippen molar-refractivity contribution in [2.45, 2.75) is 24.9 Å². The Morgan fingerprint density at radius 2 is 2.15 bits per heavy atom. The van der Waals surface area contributed by atoms with Crippen molar-refractivity contribution in [2.75, 3.05) is 12.3 Å². The quantitative estimate of drug-likeness (QED) is 0.773. The molecular weight excluding hydrogens is 320 g/mol. The summed E-state index contributed by atoms with van der Waals surface area (Å²) >= 11 is 0.809. The lowest BCUT2D eigenvalue weighted by atomic mass is 10.1. The van der Waals surface area contributed by atoms with Crippen LogP contribution in [0.4, 0.5) is 0 Å². The highest BCUT2D eigenvalue weighted by atomic mass is 32.3. The molecule has 9 heteroatoms. The SMILES string of the molecule is CC(C)CNC1=C2C=C(S(N)(=O)=O)SC2S(=O)(=O)CC1. The molecule has 114 valence electrons. The van der Waals surface area contributed by atoms with Crippen LogP contribution >= 0.6 is 11.8 Å². The standard InChI is InChI=1S/C11H18N2O4S3/c1-7(2)6-13-9-3-4-19(14,15)11-8(9)5-10(18-11)20(12,16)17/h5,7,11,13H,3-4,6H2,1-2H3,(H2,12,16,17). The van der Waals surface area contributed by atoms with Gasteiger partial charge in [-0.25, -0.2) is 22.0 Å². The number of primary sulfonamides is 1. The predicted molar refractivity (Wildman–Crippen MR) is 80.8 cm³/mol. The van der Waals surface area contributed by atoms with Crippen molar-refractivity contribution in [1.82, 2.24) is 5.32 Å². The summed E-state index contributed by atoms with van der Waals surface area (Å²) in [6, 6.07) is 0. The maximum Gasteiger partial charge on any atom is 0.244 e. The minimum Gasteiger partial charge on any atom is -0.388 e. The van der Waals surface area contributed by atoms with Crippen LogP contribution in [0.5, 0.6) is 0 Å². The van der Waals surface area contributed by atoms with Crippen molar-refractivity contribution in [3.05, 3.63) is 21.6 Å². The van der Waals surface area contributed by atoms with Crippen LogP contribution in [-0.4, -0.2) is 33.7 Å². The lowest BCUT2D eigenvalue weighted by Gasteiger charge is -2.24. The van der Waals surface area contributed by atoms with Crippen molar-refractivity contribution >= 4 is 31.6 Å². The first-order valence-corrected chi connectivity index (χ1v) is 10.3. The summed E-state index contributed by atoms with van der Waals surface area (Å²) in [5.74, 6) is 0.441. The Balaban J connectivity index is 2.41. The highest BCUT2D eigenvalue weighted by Gasteiger charge is 2.41. The predicted octanol–water partition coefficient (Wildman–Crippen LogP) is 0.507. The van der Waals surface area contributed by atoms with Gasteiger partial charge in [0.2, 0.25) is 10.0 Å². The molecule has 0 aromatic carbocycles. The number of thioether (sulfide) groups is 1. The molecule has 0 spiro atoms. The summed E-state index contributed by atoms with van der Waals surface area (Å²) in [4.78, 5) is 0. The van der Waals surface area contributed by atoms with Crippen LogP contribution in [0.3, 0.4) is 0 Å². The van der Waals surface area contributed by atoms with Gasteiger partial charge in [-0.05, 0) is 12.0 Å². The van der Waals surface area contributed by atoms with Crippen molar-refractivity contribution in [1.29, 1.82) is 0 Å². The van der Waals surface area contributed by atoms with E-state index in [1.165, 1.54) is 6.08 Å². The van der Waals surface area contributed by atoms with E-state index >= 15 is 0 Å². The van der Waals surface area contributed by atoms with E-state index in [1.807, 2.05) is 13.8 Å². The summed E-state index contributed by atoms with van der Waals surface area (Å²) in [6.07, 6.45) is 1.78. The Hall–Kier alpha value is -0.510. The Morgan fingerprint density at radius 3 is 2.70 bits per heavy atom. The molecule has 2 aliphatic heterocycles. The molecule has 2 rings (SSSR count). The fourth-order valence-electron chi connectivity index (χ4n) is 2.06. The lowest BCUT2D eigenvalue weighted by Crippen LogP contribution is -2.32. The van der Waals surface area contributed by atoms with Crippen LogP contribution in [0.25, 0.3) is 0 Å². The number of hydrogen-bond acceptors (Lipinski definition) is 6. The van der Waals surface area contributed by atoms with Gasteiger partial charge in [0.1, 0.15) is 8.82 Å². The number of hydrogen-bond donors (Lipinski definition) is 2. The second-order valence-corrected chi connectivity index (χ2v) is 10.7. The van der Waals surface area contributed by atoms with Crippen LogP contribution in [-0.2, 0) is 19.9 Å². The number of fused-ring (bicyclic) bond motifs is 1. The van der Waals surface area contributed by atoms with Crippen molar-refractivity contribution < 1.29 is 16.8 Å². The highest BCUT2D eigenvalue weighted by Crippen LogP contribution is 2.45. The van der Waals surface area contributed by atoms with E-state index in [9.17, 15) is 16.8 Å². The second kappa shape index (κ2) is 5.36. The number of rotatable bonds is 4. The number of sulfonamides is 1. The molecule has 2 heterocycles. The van der Waals surface area contributed by atoms with E-state index < -0.39 is 24.4 Å².